The molecule has 0 heterocycles. The van der Waals surface area contributed by atoms with E-state index in [4.69, 9.17) is 0 Å². The molecule has 2 rings (SSSR count). The van der Waals surface area contributed by atoms with Crippen LogP contribution in [0, 0.1) is 17.8 Å². The van der Waals surface area contributed by atoms with Crippen LogP contribution in [0.25, 0.3) is 0 Å². The maximum Gasteiger partial charge on any atom is 0.0755 e. The Hall–Kier alpha value is -0.600. The van der Waals surface area contributed by atoms with Gasteiger partial charge in [-0.1, -0.05) is 31.6 Å². The summed E-state index contributed by atoms with van der Waals surface area (Å²) in [4.78, 5) is 0. The smallest absolute Gasteiger partial charge is 0.0755 e. The summed E-state index contributed by atoms with van der Waals surface area (Å²) >= 11 is 0. The van der Waals surface area contributed by atoms with Gasteiger partial charge in [0.2, 0.25) is 0 Å². The molecule has 0 unspecified atom stereocenters. The quantitative estimate of drug-likeness (QED) is 0.679. The fourth-order valence-corrected chi connectivity index (χ4v) is 3.72. The lowest BCUT2D eigenvalue weighted by atomic mass is 9.78. The lowest BCUT2D eigenvalue weighted by Crippen LogP contribution is -2.28. The number of hydrogen-bond donors (Lipinski definition) is 2. The largest absolute Gasteiger partial charge is 0.392 e. The van der Waals surface area contributed by atoms with Gasteiger partial charge in [-0.15, -0.1) is 0 Å². The number of rotatable bonds is 1. The maximum absolute atomic E-state index is 9.65. The van der Waals surface area contributed by atoms with E-state index in [1.807, 2.05) is 6.92 Å². The van der Waals surface area contributed by atoms with Crippen molar-refractivity contribution >= 4 is 0 Å². The van der Waals surface area contributed by atoms with Crippen molar-refractivity contribution in [3.8, 4) is 0 Å². The van der Waals surface area contributed by atoms with Crippen LogP contribution < -0.4 is 0 Å². The van der Waals surface area contributed by atoms with Crippen LogP contribution in [0.15, 0.2) is 23.3 Å². The van der Waals surface area contributed by atoms with E-state index in [2.05, 4.69) is 34.3 Å². The van der Waals surface area contributed by atoms with Crippen LogP contribution in [-0.2, 0) is 0 Å². The Labute approximate surface area is 137 Å². The molecular formula is C20H36O2. The molecule has 0 amide bonds. The van der Waals surface area contributed by atoms with Gasteiger partial charge in [-0.05, 0) is 76.7 Å². The molecule has 0 bridgehead atoms. The number of allylic oxidation sites excluding steroid dienone is 1. The minimum atomic E-state index is -0.149. The van der Waals surface area contributed by atoms with Gasteiger partial charge in [-0.2, -0.15) is 0 Å². The van der Waals surface area contributed by atoms with E-state index in [0.29, 0.717) is 17.8 Å². The Morgan fingerprint density at radius 2 is 1.55 bits per heavy atom. The van der Waals surface area contributed by atoms with E-state index in [1.54, 1.807) is 0 Å². The van der Waals surface area contributed by atoms with E-state index in [9.17, 15) is 10.2 Å². The van der Waals surface area contributed by atoms with Crippen molar-refractivity contribution in [3.63, 3.8) is 0 Å². The zero-order chi connectivity index (χ0) is 16.9. The van der Waals surface area contributed by atoms with Crippen LogP contribution in [0.3, 0.4) is 0 Å². The molecule has 0 aromatic rings. The van der Waals surface area contributed by atoms with Gasteiger partial charge in [0.05, 0.1) is 12.2 Å². The van der Waals surface area contributed by atoms with Gasteiger partial charge in [0.25, 0.3) is 0 Å². The molecule has 2 aliphatic carbocycles. The van der Waals surface area contributed by atoms with Crippen LogP contribution >= 0.6 is 0 Å². The van der Waals surface area contributed by atoms with Crippen molar-refractivity contribution in [1.29, 1.82) is 0 Å². The highest BCUT2D eigenvalue weighted by Gasteiger charge is 2.26. The number of hydrogen-bond acceptors (Lipinski definition) is 2. The molecule has 2 nitrogen and oxygen atoms in total. The molecule has 2 fully saturated rings. The summed E-state index contributed by atoms with van der Waals surface area (Å²) in [6.45, 7) is 14.5. The predicted molar refractivity (Wildman–Crippen MR) is 94.7 cm³/mol. The normalized spacial score (nSPS) is 35.4. The van der Waals surface area contributed by atoms with Gasteiger partial charge >= 0.3 is 0 Å². The predicted octanol–water partition coefficient (Wildman–Crippen LogP) is 4.86. The second-order valence-electron chi connectivity index (χ2n) is 7.86. The van der Waals surface area contributed by atoms with Crippen molar-refractivity contribution in [3.05, 3.63) is 23.3 Å². The third-order valence-corrected chi connectivity index (χ3v) is 5.29. The number of aliphatic hydroxyl groups is 2. The third kappa shape index (κ3) is 5.89. The highest BCUT2D eigenvalue weighted by molar-refractivity contribution is 5.16. The molecule has 0 aromatic carbocycles. The second kappa shape index (κ2) is 8.88. The molecule has 0 aromatic heterocycles. The fourth-order valence-electron chi connectivity index (χ4n) is 3.72. The van der Waals surface area contributed by atoms with Crippen molar-refractivity contribution < 1.29 is 10.2 Å². The van der Waals surface area contributed by atoms with Gasteiger partial charge in [0, 0.05) is 5.92 Å². The van der Waals surface area contributed by atoms with E-state index >= 15 is 0 Å². The molecule has 0 aliphatic heterocycles. The van der Waals surface area contributed by atoms with Gasteiger partial charge in [0.1, 0.15) is 0 Å². The molecule has 0 spiro atoms. The third-order valence-electron chi connectivity index (χ3n) is 5.29. The monoisotopic (exact) mass is 308 g/mol. The first-order chi connectivity index (χ1) is 10.2. The van der Waals surface area contributed by atoms with Gasteiger partial charge in [-0.25, -0.2) is 0 Å². The van der Waals surface area contributed by atoms with Crippen LogP contribution in [0.5, 0.6) is 0 Å². The van der Waals surface area contributed by atoms with Gasteiger partial charge in [0.15, 0.2) is 0 Å². The van der Waals surface area contributed by atoms with E-state index in [0.717, 1.165) is 31.3 Å². The molecule has 5 atom stereocenters. The maximum atomic E-state index is 9.65. The van der Waals surface area contributed by atoms with Crippen LogP contribution in [0.2, 0.25) is 0 Å². The van der Waals surface area contributed by atoms with E-state index < -0.39 is 0 Å². The van der Waals surface area contributed by atoms with Crippen molar-refractivity contribution in [1.82, 2.24) is 0 Å². The van der Waals surface area contributed by atoms with Crippen molar-refractivity contribution in [2.45, 2.75) is 85.4 Å². The minimum Gasteiger partial charge on any atom is -0.392 e. The molecule has 22 heavy (non-hydrogen) atoms. The van der Waals surface area contributed by atoms with Gasteiger partial charge in [-0.3, -0.25) is 0 Å². The second-order valence-corrected chi connectivity index (χ2v) is 7.86. The standard InChI is InChI=1S/2C10H18O/c2*1-7(2)9-5-4-8(3)6-10(9)11/h8,10-11H,4-6H2,1-3H3;8-11H,1,4-6H2,2-3H3/t8-,10-;8-,9+,10-/m11/s1. The zero-order valence-corrected chi connectivity index (χ0v) is 15.2. The summed E-state index contributed by atoms with van der Waals surface area (Å²) in [6, 6.07) is 0. The van der Waals surface area contributed by atoms with Crippen molar-refractivity contribution in [2.24, 2.45) is 17.8 Å². The topological polar surface area (TPSA) is 40.5 Å². The molecule has 2 heteroatoms. The lowest BCUT2D eigenvalue weighted by molar-refractivity contribution is 0.0656. The Morgan fingerprint density at radius 1 is 0.955 bits per heavy atom. The Morgan fingerprint density at radius 3 is 2.00 bits per heavy atom. The first kappa shape index (κ1) is 19.4. The first-order valence-corrected chi connectivity index (χ1v) is 8.90. The lowest BCUT2D eigenvalue weighted by Gasteiger charge is -2.31. The number of aliphatic hydroxyl groups excluding tert-OH is 2. The zero-order valence-electron chi connectivity index (χ0n) is 15.2. The average molecular weight is 309 g/mol. The van der Waals surface area contributed by atoms with Crippen LogP contribution in [0.4, 0.5) is 0 Å². The molecule has 2 N–H and O–H groups in total. The van der Waals surface area contributed by atoms with Crippen LogP contribution in [0.1, 0.15) is 73.1 Å². The minimum absolute atomic E-state index is 0.128. The molecule has 2 aliphatic rings. The Kier molecular flexibility index (Phi) is 7.85. The molecular weight excluding hydrogens is 272 g/mol. The highest BCUT2D eigenvalue weighted by atomic mass is 16.3. The van der Waals surface area contributed by atoms with E-state index in [1.165, 1.54) is 24.0 Å². The summed E-state index contributed by atoms with van der Waals surface area (Å²) in [6.07, 6.45) is 6.35. The average Bonchev–Trinajstić information content (AvgIpc) is 2.38. The fraction of sp³-hybridized carbons (Fsp3) is 0.800. The summed E-state index contributed by atoms with van der Waals surface area (Å²) in [5, 5.41) is 19.3. The molecule has 0 radical (unpaired) electrons. The van der Waals surface area contributed by atoms with E-state index in [-0.39, 0.29) is 12.2 Å². The SMILES string of the molecule is C=C(C)[C@@H]1CC[C@@H](C)C[C@H]1O.CC(C)=C1CC[C@@H](C)C[C@H]1O. The summed E-state index contributed by atoms with van der Waals surface area (Å²) in [5.41, 5.74) is 3.73. The Bertz CT molecular complexity index is 393. The summed E-state index contributed by atoms with van der Waals surface area (Å²) < 4.78 is 0. The molecule has 2 saturated carbocycles. The van der Waals surface area contributed by atoms with Crippen molar-refractivity contribution in [2.75, 3.05) is 0 Å². The molecule has 128 valence electrons. The summed E-state index contributed by atoms with van der Waals surface area (Å²) in [7, 11) is 0. The molecule has 0 saturated heterocycles. The highest BCUT2D eigenvalue weighted by Crippen LogP contribution is 2.32. The first-order valence-electron chi connectivity index (χ1n) is 8.90. The Balaban J connectivity index is 0.000000220. The summed E-state index contributed by atoms with van der Waals surface area (Å²) in [5.74, 6) is 1.76. The van der Waals surface area contributed by atoms with Gasteiger partial charge < -0.3 is 10.2 Å². The van der Waals surface area contributed by atoms with Crippen LogP contribution in [-0.4, -0.2) is 22.4 Å².